The number of nitrogens with zero attached hydrogens (tertiary/aromatic N) is 5. The van der Waals surface area contributed by atoms with E-state index in [4.69, 9.17) is 14.5 Å². The molecule has 3 aromatic rings. The lowest BCUT2D eigenvalue weighted by molar-refractivity contribution is -0.129. The highest BCUT2D eigenvalue weighted by atomic mass is 16.7. The van der Waals surface area contributed by atoms with Crippen LogP contribution in [0.15, 0.2) is 43.0 Å². The van der Waals surface area contributed by atoms with E-state index in [-0.39, 0.29) is 18.7 Å². The number of imidazole rings is 1. The van der Waals surface area contributed by atoms with Crippen molar-refractivity contribution >= 4 is 5.91 Å². The Bertz CT molecular complexity index is 1080. The number of benzene rings is 1. The number of likely N-dealkylation sites (tertiary alicyclic amines) is 1. The second kappa shape index (κ2) is 8.35. The molecule has 0 saturated carbocycles. The normalized spacial score (nSPS) is 17.5. The van der Waals surface area contributed by atoms with Gasteiger partial charge in [-0.15, -0.1) is 0 Å². The SMILES string of the molecule is Cc1cc(C2CCC(=O)N2CCNCc2ccc3c(c2)OCO3)nc(-n2ccnc2)n1. The number of aromatic nitrogens is 4. The van der Waals surface area contributed by atoms with Crippen LogP contribution >= 0.6 is 0 Å². The third kappa shape index (κ3) is 4.09. The zero-order valence-corrected chi connectivity index (χ0v) is 17.3. The van der Waals surface area contributed by atoms with Gasteiger partial charge >= 0.3 is 0 Å². The van der Waals surface area contributed by atoms with Crippen molar-refractivity contribution in [3.8, 4) is 17.4 Å². The number of rotatable bonds is 7. The summed E-state index contributed by atoms with van der Waals surface area (Å²) < 4.78 is 12.6. The van der Waals surface area contributed by atoms with Crippen LogP contribution in [0.1, 0.15) is 35.8 Å². The van der Waals surface area contributed by atoms with Gasteiger partial charge < -0.3 is 19.7 Å². The quantitative estimate of drug-likeness (QED) is 0.585. The van der Waals surface area contributed by atoms with Crippen LogP contribution in [0.2, 0.25) is 0 Å². The second-order valence-corrected chi connectivity index (χ2v) is 7.71. The summed E-state index contributed by atoms with van der Waals surface area (Å²) >= 11 is 0. The van der Waals surface area contributed by atoms with Crippen LogP contribution < -0.4 is 14.8 Å². The van der Waals surface area contributed by atoms with Crippen LogP contribution in [0.3, 0.4) is 0 Å². The number of fused-ring (bicyclic) bond motifs is 1. The first-order valence-electron chi connectivity index (χ1n) is 10.4. The summed E-state index contributed by atoms with van der Waals surface area (Å²) in [6, 6.07) is 7.86. The van der Waals surface area contributed by atoms with Gasteiger partial charge in [0.25, 0.3) is 0 Å². The first kappa shape index (κ1) is 19.5. The van der Waals surface area contributed by atoms with Crippen LogP contribution in [0.5, 0.6) is 11.5 Å². The molecule has 31 heavy (non-hydrogen) atoms. The van der Waals surface area contributed by atoms with E-state index in [1.54, 1.807) is 17.1 Å². The van der Waals surface area contributed by atoms with E-state index in [0.717, 1.165) is 34.9 Å². The predicted molar refractivity (Wildman–Crippen MR) is 112 cm³/mol. The van der Waals surface area contributed by atoms with Gasteiger partial charge in [0.1, 0.15) is 6.33 Å². The maximum absolute atomic E-state index is 12.6. The fourth-order valence-electron chi connectivity index (χ4n) is 4.05. The van der Waals surface area contributed by atoms with E-state index in [1.807, 2.05) is 42.3 Å². The number of nitrogens with one attached hydrogen (secondary N) is 1. The van der Waals surface area contributed by atoms with Crippen molar-refractivity contribution in [3.63, 3.8) is 0 Å². The molecule has 5 rings (SSSR count). The lowest BCUT2D eigenvalue weighted by atomic mass is 10.1. The Hall–Kier alpha value is -3.46. The molecular weight excluding hydrogens is 396 g/mol. The Morgan fingerprint density at radius 1 is 1.19 bits per heavy atom. The highest BCUT2D eigenvalue weighted by Crippen LogP contribution is 2.33. The zero-order chi connectivity index (χ0) is 21.2. The summed E-state index contributed by atoms with van der Waals surface area (Å²) in [6.45, 7) is 4.22. The van der Waals surface area contributed by atoms with Crippen LogP contribution in [-0.4, -0.2) is 50.2 Å². The van der Waals surface area contributed by atoms with Gasteiger partial charge in [-0.25, -0.2) is 15.0 Å². The first-order valence-corrected chi connectivity index (χ1v) is 10.4. The lowest BCUT2D eigenvalue weighted by Crippen LogP contribution is -2.35. The molecule has 0 aliphatic carbocycles. The second-order valence-electron chi connectivity index (χ2n) is 7.71. The smallest absolute Gasteiger partial charge is 0.235 e. The molecule has 9 heteroatoms. The molecule has 1 unspecified atom stereocenters. The Morgan fingerprint density at radius 3 is 2.97 bits per heavy atom. The molecule has 1 N–H and O–H groups in total. The molecule has 0 bridgehead atoms. The number of aryl methyl sites for hydroxylation is 1. The standard InChI is InChI=1S/C22H24N6O3/c1-15-10-17(26-22(25-15)27-8-6-24-13-27)18-3-5-21(29)28(18)9-7-23-12-16-2-4-19-20(11-16)31-14-30-19/h2,4,6,8,10-11,13,18,23H,3,5,7,9,12,14H2,1H3. The van der Waals surface area contributed by atoms with Gasteiger partial charge in [-0.2, -0.15) is 0 Å². The summed E-state index contributed by atoms with van der Waals surface area (Å²) in [6.07, 6.45) is 6.49. The molecule has 160 valence electrons. The van der Waals surface area contributed by atoms with Gasteiger partial charge in [0.2, 0.25) is 18.6 Å². The Balaban J connectivity index is 1.23. The predicted octanol–water partition coefficient (Wildman–Crippen LogP) is 2.15. The minimum absolute atomic E-state index is 0.0381. The van der Waals surface area contributed by atoms with Crippen molar-refractivity contribution in [2.24, 2.45) is 0 Å². The van der Waals surface area contributed by atoms with Gasteiger partial charge in [0.15, 0.2) is 11.5 Å². The summed E-state index contributed by atoms with van der Waals surface area (Å²) in [4.78, 5) is 27.8. The average Bonchev–Trinajstić information content (AvgIpc) is 3.52. The molecule has 1 saturated heterocycles. The van der Waals surface area contributed by atoms with Gasteiger partial charge in [0, 0.05) is 44.1 Å². The van der Waals surface area contributed by atoms with E-state index in [2.05, 4.69) is 15.3 Å². The average molecular weight is 420 g/mol. The molecule has 1 atom stereocenters. The molecule has 1 amide bonds. The maximum atomic E-state index is 12.6. The molecule has 1 aromatic carbocycles. The maximum Gasteiger partial charge on any atom is 0.235 e. The van der Waals surface area contributed by atoms with Crippen molar-refractivity contribution in [1.82, 2.24) is 29.7 Å². The van der Waals surface area contributed by atoms with Crippen LogP contribution in [-0.2, 0) is 11.3 Å². The van der Waals surface area contributed by atoms with Gasteiger partial charge in [0.05, 0.1) is 11.7 Å². The van der Waals surface area contributed by atoms with E-state index in [9.17, 15) is 4.79 Å². The molecule has 0 radical (unpaired) electrons. The van der Waals surface area contributed by atoms with Gasteiger partial charge in [-0.1, -0.05) is 6.07 Å². The molecule has 0 spiro atoms. The summed E-state index contributed by atoms with van der Waals surface area (Å²) in [5.74, 6) is 2.30. The monoisotopic (exact) mass is 420 g/mol. The minimum Gasteiger partial charge on any atom is -0.454 e. The highest BCUT2D eigenvalue weighted by molar-refractivity contribution is 5.79. The lowest BCUT2D eigenvalue weighted by Gasteiger charge is -2.25. The van der Waals surface area contributed by atoms with Crippen molar-refractivity contribution in [2.45, 2.75) is 32.4 Å². The van der Waals surface area contributed by atoms with E-state index >= 15 is 0 Å². The zero-order valence-electron chi connectivity index (χ0n) is 17.3. The molecule has 2 aliphatic heterocycles. The largest absolute Gasteiger partial charge is 0.454 e. The highest BCUT2D eigenvalue weighted by Gasteiger charge is 2.33. The van der Waals surface area contributed by atoms with Crippen molar-refractivity contribution in [2.75, 3.05) is 19.9 Å². The van der Waals surface area contributed by atoms with Crippen LogP contribution in [0.25, 0.3) is 5.95 Å². The van der Waals surface area contributed by atoms with E-state index < -0.39 is 0 Å². The van der Waals surface area contributed by atoms with Crippen molar-refractivity contribution in [3.05, 3.63) is 59.9 Å². The van der Waals surface area contributed by atoms with Gasteiger partial charge in [-0.05, 0) is 37.1 Å². The third-order valence-electron chi connectivity index (χ3n) is 5.56. The number of carbonyl (C=O) groups is 1. The summed E-state index contributed by atoms with van der Waals surface area (Å²) in [5, 5.41) is 3.42. The summed E-state index contributed by atoms with van der Waals surface area (Å²) in [7, 11) is 0. The summed E-state index contributed by atoms with van der Waals surface area (Å²) in [5.41, 5.74) is 2.86. The number of ether oxygens (including phenoxy) is 2. The van der Waals surface area contributed by atoms with Crippen molar-refractivity contribution < 1.29 is 14.3 Å². The molecule has 9 nitrogen and oxygen atoms in total. The number of amides is 1. The first-order chi connectivity index (χ1) is 15.2. The van der Waals surface area contributed by atoms with Crippen LogP contribution in [0.4, 0.5) is 0 Å². The molecule has 2 aromatic heterocycles. The Kier molecular flexibility index (Phi) is 5.25. The van der Waals surface area contributed by atoms with E-state index in [1.165, 1.54) is 0 Å². The topological polar surface area (TPSA) is 94.4 Å². The number of carbonyl (C=O) groups excluding carboxylic acids is 1. The number of hydrogen-bond acceptors (Lipinski definition) is 7. The molecule has 1 fully saturated rings. The third-order valence-corrected chi connectivity index (χ3v) is 5.56. The molecular formula is C22H24N6O3. The Morgan fingerprint density at radius 2 is 2.10 bits per heavy atom. The fraction of sp³-hybridized carbons (Fsp3) is 0.364. The fourth-order valence-corrected chi connectivity index (χ4v) is 4.05. The van der Waals surface area contributed by atoms with E-state index in [0.29, 0.717) is 32.0 Å². The van der Waals surface area contributed by atoms with Crippen molar-refractivity contribution in [1.29, 1.82) is 0 Å². The van der Waals surface area contributed by atoms with Gasteiger partial charge in [-0.3, -0.25) is 9.36 Å². The Labute approximate surface area is 180 Å². The molecule has 4 heterocycles. The minimum atomic E-state index is -0.0381. The number of hydrogen-bond donors (Lipinski definition) is 1. The van der Waals surface area contributed by atoms with Crippen LogP contribution in [0, 0.1) is 6.92 Å². The molecule has 2 aliphatic rings.